The predicted molar refractivity (Wildman–Crippen MR) is 79.2 cm³/mol. The van der Waals surface area contributed by atoms with Crippen molar-refractivity contribution >= 4 is 21.6 Å². The first-order valence-corrected chi connectivity index (χ1v) is 8.05. The molecule has 2 N–H and O–H groups in total. The van der Waals surface area contributed by atoms with Crippen LogP contribution in [0.3, 0.4) is 0 Å². The van der Waals surface area contributed by atoms with Gasteiger partial charge in [0.2, 0.25) is 10.0 Å². The number of benzene rings is 1. The van der Waals surface area contributed by atoms with Crippen LogP contribution in [0.15, 0.2) is 29.4 Å². The summed E-state index contributed by atoms with van der Waals surface area (Å²) in [5.41, 5.74) is 0.723. The molecule has 1 aromatic carbocycles. The lowest BCUT2D eigenvalue weighted by atomic mass is 10.2. The summed E-state index contributed by atoms with van der Waals surface area (Å²) >= 11 is 6.03. The van der Waals surface area contributed by atoms with Gasteiger partial charge in [0.05, 0.1) is 11.4 Å². The van der Waals surface area contributed by atoms with Crippen molar-refractivity contribution in [2.24, 2.45) is 7.05 Å². The molecule has 2 aromatic rings. The van der Waals surface area contributed by atoms with Crippen LogP contribution in [0.5, 0.6) is 0 Å². The molecule has 114 valence electrons. The van der Waals surface area contributed by atoms with Crippen molar-refractivity contribution in [1.29, 1.82) is 0 Å². The quantitative estimate of drug-likeness (QED) is 0.813. The Morgan fingerprint density at radius 1 is 1.33 bits per heavy atom. The van der Waals surface area contributed by atoms with E-state index in [-0.39, 0.29) is 11.4 Å². The van der Waals surface area contributed by atoms with Gasteiger partial charge in [-0.2, -0.15) is 0 Å². The van der Waals surface area contributed by atoms with Crippen LogP contribution >= 0.6 is 11.6 Å². The summed E-state index contributed by atoms with van der Waals surface area (Å²) in [5, 5.41) is 11.0. The molecule has 9 heteroatoms. The highest BCUT2D eigenvalue weighted by Crippen LogP contribution is 2.20. The predicted octanol–water partition coefficient (Wildman–Crippen LogP) is 0.666. The molecule has 0 aliphatic rings. The van der Waals surface area contributed by atoms with Gasteiger partial charge in [-0.25, -0.2) is 13.1 Å². The normalized spacial score (nSPS) is 11.8. The van der Waals surface area contributed by atoms with Crippen molar-refractivity contribution in [3.05, 3.63) is 40.9 Å². The van der Waals surface area contributed by atoms with Gasteiger partial charge < -0.3 is 9.88 Å². The van der Waals surface area contributed by atoms with Crippen LogP contribution < -0.4 is 10.0 Å². The molecule has 0 amide bonds. The number of sulfonamides is 1. The Hall–Kier alpha value is -1.48. The fourth-order valence-electron chi connectivity index (χ4n) is 1.75. The maximum Gasteiger partial charge on any atom is 0.240 e. The van der Waals surface area contributed by atoms with Gasteiger partial charge in [0.15, 0.2) is 0 Å². The molecule has 1 aromatic heterocycles. The van der Waals surface area contributed by atoms with Gasteiger partial charge in [-0.15, -0.1) is 10.2 Å². The third kappa shape index (κ3) is 3.79. The number of nitrogens with zero attached hydrogens (tertiary/aromatic N) is 3. The monoisotopic (exact) mass is 329 g/mol. The molecule has 0 atom stereocenters. The first kappa shape index (κ1) is 15.9. The van der Waals surface area contributed by atoms with E-state index in [1.807, 2.05) is 0 Å². The van der Waals surface area contributed by atoms with Crippen LogP contribution in [0.25, 0.3) is 0 Å². The molecule has 7 nitrogen and oxygen atoms in total. The number of halogens is 1. The Labute approximate surface area is 128 Å². The number of nitrogens with one attached hydrogen (secondary N) is 2. The van der Waals surface area contributed by atoms with E-state index in [0.29, 0.717) is 17.4 Å². The second-order valence-electron chi connectivity index (χ2n) is 4.47. The summed E-state index contributed by atoms with van der Waals surface area (Å²) in [6.07, 6.45) is 1.51. The highest BCUT2D eigenvalue weighted by atomic mass is 35.5. The number of rotatable bonds is 6. The van der Waals surface area contributed by atoms with E-state index in [4.69, 9.17) is 11.6 Å². The molecule has 0 aliphatic carbocycles. The van der Waals surface area contributed by atoms with E-state index < -0.39 is 10.0 Å². The Morgan fingerprint density at radius 3 is 2.71 bits per heavy atom. The van der Waals surface area contributed by atoms with Crippen LogP contribution in [0.4, 0.5) is 0 Å². The topological polar surface area (TPSA) is 88.9 Å². The zero-order chi connectivity index (χ0) is 15.5. The van der Waals surface area contributed by atoms with Crippen LogP contribution in [0, 0.1) is 0 Å². The number of hydrogen-bond donors (Lipinski definition) is 2. The van der Waals surface area contributed by atoms with Crippen LogP contribution in [-0.4, -0.2) is 30.2 Å². The highest BCUT2D eigenvalue weighted by Gasteiger charge is 2.16. The van der Waals surface area contributed by atoms with Gasteiger partial charge in [0.25, 0.3) is 0 Å². The second kappa shape index (κ2) is 6.52. The van der Waals surface area contributed by atoms with Gasteiger partial charge in [-0.05, 0) is 30.8 Å². The molecule has 0 saturated heterocycles. The standard InChI is InChI=1S/C12H16ClN5O2S/c1-14-6-9-5-10(3-4-11(9)13)21(19,20)16-7-12-17-15-8-18(12)2/h3-5,8,14,16H,6-7H2,1-2H3. The van der Waals surface area contributed by atoms with E-state index in [1.54, 1.807) is 30.8 Å². The molecule has 0 unspecified atom stereocenters. The van der Waals surface area contributed by atoms with Gasteiger partial charge in [-0.1, -0.05) is 11.6 Å². The summed E-state index contributed by atoms with van der Waals surface area (Å²) in [7, 11) is -0.114. The van der Waals surface area contributed by atoms with E-state index in [9.17, 15) is 8.42 Å². The molecule has 0 radical (unpaired) electrons. The van der Waals surface area contributed by atoms with Crippen molar-refractivity contribution in [3.8, 4) is 0 Å². The minimum Gasteiger partial charge on any atom is -0.320 e. The average molecular weight is 330 g/mol. The number of hydrogen-bond acceptors (Lipinski definition) is 5. The fraction of sp³-hybridized carbons (Fsp3) is 0.333. The molecule has 2 rings (SSSR count). The Morgan fingerprint density at radius 2 is 2.10 bits per heavy atom. The largest absolute Gasteiger partial charge is 0.320 e. The number of aromatic nitrogens is 3. The van der Waals surface area contributed by atoms with Crippen molar-refractivity contribution in [2.75, 3.05) is 7.05 Å². The molecule has 0 aliphatic heterocycles. The van der Waals surface area contributed by atoms with Crippen molar-refractivity contribution < 1.29 is 8.42 Å². The molecule has 0 spiro atoms. The summed E-state index contributed by atoms with van der Waals surface area (Å²) in [6, 6.07) is 4.60. The summed E-state index contributed by atoms with van der Waals surface area (Å²) < 4.78 is 28.7. The average Bonchev–Trinajstić information content (AvgIpc) is 2.85. The Balaban J connectivity index is 2.19. The molecule has 1 heterocycles. The Bertz CT molecular complexity index is 729. The highest BCUT2D eigenvalue weighted by molar-refractivity contribution is 7.89. The molecule has 0 saturated carbocycles. The first-order chi connectivity index (χ1) is 9.94. The molecule has 0 fully saturated rings. The molecular weight excluding hydrogens is 314 g/mol. The number of aryl methyl sites for hydroxylation is 1. The van der Waals surface area contributed by atoms with Gasteiger partial charge in [0.1, 0.15) is 12.2 Å². The van der Waals surface area contributed by atoms with E-state index in [0.717, 1.165) is 5.56 Å². The van der Waals surface area contributed by atoms with E-state index in [2.05, 4.69) is 20.2 Å². The third-order valence-electron chi connectivity index (χ3n) is 2.92. The minimum absolute atomic E-state index is 0.0722. The van der Waals surface area contributed by atoms with Gasteiger partial charge in [0, 0.05) is 18.6 Å². The van der Waals surface area contributed by atoms with Crippen molar-refractivity contribution in [2.45, 2.75) is 18.0 Å². The minimum atomic E-state index is -3.63. The SMILES string of the molecule is CNCc1cc(S(=O)(=O)NCc2nncn2C)ccc1Cl. The van der Waals surface area contributed by atoms with Gasteiger partial charge in [-0.3, -0.25) is 0 Å². The van der Waals surface area contributed by atoms with Gasteiger partial charge >= 0.3 is 0 Å². The second-order valence-corrected chi connectivity index (χ2v) is 6.64. The zero-order valence-corrected chi connectivity index (χ0v) is 13.2. The van der Waals surface area contributed by atoms with Crippen LogP contribution in [0.2, 0.25) is 5.02 Å². The maximum absolute atomic E-state index is 12.3. The lowest BCUT2D eigenvalue weighted by Gasteiger charge is -2.09. The Kier molecular flexibility index (Phi) is 4.94. The van der Waals surface area contributed by atoms with E-state index in [1.165, 1.54) is 12.4 Å². The van der Waals surface area contributed by atoms with Crippen molar-refractivity contribution in [3.63, 3.8) is 0 Å². The van der Waals surface area contributed by atoms with Crippen LogP contribution in [0.1, 0.15) is 11.4 Å². The smallest absolute Gasteiger partial charge is 0.240 e. The third-order valence-corrected chi connectivity index (χ3v) is 4.69. The first-order valence-electron chi connectivity index (χ1n) is 6.19. The molecular formula is C12H16ClN5O2S. The van der Waals surface area contributed by atoms with E-state index >= 15 is 0 Å². The lowest BCUT2D eigenvalue weighted by molar-refractivity contribution is 0.577. The summed E-state index contributed by atoms with van der Waals surface area (Å²) in [5.74, 6) is 0.531. The lowest BCUT2D eigenvalue weighted by Crippen LogP contribution is -2.25. The van der Waals surface area contributed by atoms with Crippen LogP contribution in [-0.2, 0) is 30.2 Å². The molecule has 0 bridgehead atoms. The fourth-order valence-corrected chi connectivity index (χ4v) is 2.97. The zero-order valence-electron chi connectivity index (χ0n) is 11.7. The summed E-state index contributed by atoms with van der Waals surface area (Å²) in [4.78, 5) is 0.166. The van der Waals surface area contributed by atoms with Crippen molar-refractivity contribution in [1.82, 2.24) is 24.8 Å². The summed E-state index contributed by atoms with van der Waals surface area (Å²) in [6.45, 7) is 0.564. The molecule has 21 heavy (non-hydrogen) atoms. The maximum atomic E-state index is 12.3.